The van der Waals surface area contributed by atoms with Crippen molar-refractivity contribution in [3.63, 3.8) is 0 Å². The summed E-state index contributed by atoms with van der Waals surface area (Å²) in [5.74, 6) is 0.256. The minimum absolute atomic E-state index is 0.0173. The van der Waals surface area contributed by atoms with E-state index in [1.165, 1.54) is 0 Å². The first kappa shape index (κ1) is 16.2. The highest BCUT2D eigenvalue weighted by atomic mass is 16.3. The van der Waals surface area contributed by atoms with Crippen molar-refractivity contribution >= 4 is 21.9 Å². The molecule has 0 amide bonds. The van der Waals surface area contributed by atoms with Crippen LogP contribution < -0.4 is 5.56 Å². The van der Waals surface area contributed by atoms with E-state index in [1.807, 2.05) is 47.2 Å². The van der Waals surface area contributed by atoms with Crippen LogP contribution in [0.5, 0.6) is 0 Å². The molecular weight excluding hydrogens is 362 g/mol. The molecule has 0 saturated heterocycles. The van der Waals surface area contributed by atoms with Gasteiger partial charge in [0.1, 0.15) is 5.58 Å². The van der Waals surface area contributed by atoms with Crippen molar-refractivity contribution in [2.24, 2.45) is 0 Å². The lowest BCUT2D eigenvalue weighted by Crippen LogP contribution is -2.18. The molecule has 1 saturated carbocycles. The van der Waals surface area contributed by atoms with Gasteiger partial charge in [-0.3, -0.25) is 14.8 Å². The Balaban J connectivity index is 1.41. The van der Waals surface area contributed by atoms with Crippen molar-refractivity contribution in [1.29, 1.82) is 0 Å². The average molecular weight is 379 g/mol. The summed E-state index contributed by atoms with van der Waals surface area (Å²) in [6.45, 7) is 0. The number of hydrogen-bond acceptors (Lipinski definition) is 4. The zero-order valence-corrected chi connectivity index (χ0v) is 15.5. The Morgan fingerprint density at radius 1 is 1.00 bits per heavy atom. The Morgan fingerprint density at radius 2 is 1.86 bits per heavy atom. The van der Waals surface area contributed by atoms with Gasteiger partial charge in [-0.15, -0.1) is 0 Å². The maximum atomic E-state index is 13.3. The van der Waals surface area contributed by atoms with Gasteiger partial charge < -0.3 is 8.98 Å². The van der Waals surface area contributed by atoms with Gasteiger partial charge in [-0.1, -0.05) is 24.3 Å². The first-order valence-corrected chi connectivity index (χ1v) is 9.68. The fraction of sp³-hybridized carbons (Fsp3) is 0.125. The molecule has 0 unspecified atom stereocenters. The van der Waals surface area contributed by atoms with E-state index in [1.54, 1.807) is 18.7 Å². The van der Waals surface area contributed by atoms with Crippen molar-refractivity contribution in [3.8, 4) is 11.1 Å². The summed E-state index contributed by atoms with van der Waals surface area (Å²) in [7, 11) is 0. The van der Waals surface area contributed by atoms with Crippen LogP contribution in [-0.2, 0) is 0 Å². The summed E-state index contributed by atoms with van der Waals surface area (Å²) in [4.78, 5) is 22.2. The van der Waals surface area contributed by atoms with Crippen LogP contribution in [0.1, 0.15) is 24.1 Å². The highest BCUT2D eigenvalue weighted by molar-refractivity contribution is 5.93. The van der Waals surface area contributed by atoms with Crippen LogP contribution >= 0.6 is 0 Å². The zero-order valence-electron chi connectivity index (χ0n) is 15.5. The molecule has 1 aliphatic carbocycles. The molecule has 140 valence electrons. The predicted octanol–water partition coefficient (Wildman–Crippen LogP) is 4.93. The van der Waals surface area contributed by atoms with Crippen LogP contribution in [-0.4, -0.2) is 14.5 Å². The van der Waals surface area contributed by atoms with E-state index in [2.05, 4.69) is 23.2 Å². The highest BCUT2D eigenvalue weighted by Gasteiger charge is 2.42. The van der Waals surface area contributed by atoms with Crippen molar-refractivity contribution in [3.05, 3.63) is 95.5 Å². The van der Waals surface area contributed by atoms with Gasteiger partial charge in [0.05, 0.1) is 17.2 Å². The molecule has 6 rings (SSSR count). The minimum atomic E-state index is -0.0173. The van der Waals surface area contributed by atoms with Gasteiger partial charge in [0.15, 0.2) is 0 Å². The van der Waals surface area contributed by atoms with Crippen LogP contribution in [0.4, 0.5) is 0 Å². The lowest BCUT2D eigenvalue weighted by atomic mass is 10.1. The number of aromatic nitrogens is 3. The number of fused-ring (bicyclic) bond motifs is 2. The molecule has 29 heavy (non-hydrogen) atoms. The number of nitrogens with zero attached hydrogens (tertiary/aromatic N) is 3. The molecule has 1 aromatic carbocycles. The molecule has 0 spiro atoms. The zero-order chi connectivity index (χ0) is 19.4. The summed E-state index contributed by atoms with van der Waals surface area (Å²) < 4.78 is 7.49. The minimum Gasteiger partial charge on any atom is -0.463 e. The van der Waals surface area contributed by atoms with E-state index in [-0.39, 0.29) is 17.5 Å². The Hall–Kier alpha value is -3.73. The van der Waals surface area contributed by atoms with Crippen LogP contribution in [0.2, 0.25) is 0 Å². The first-order valence-electron chi connectivity index (χ1n) is 9.68. The topological polar surface area (TPSA) is 60.9 Å². The van der Waals surface area contributed by atoms with Gasteiger partial charge in [-0.2, -0.15) is 0 Å². The third-order valence-electron chi connectivity index (χ3n) is 5.76. The van der Waals surface area contributed by atoms with Gasteiger partial charge in [-0.05, 0) is 42.3 Å². The molecule has 5 heteroatoms. The van der Waals surface area contributed by atoms with Crippen molar-refractivity contribution in [2.75, 3.05) is 0 Å². The predicted molar refractivity (Wildman–Crippen MR) is 112 cm³/mol. The Bertz CT molecular complexity index is 1420. The second-order valence-electron chi connectivity index (χ2n) is 7.49. The van der Waals surface area contributed by atoms with Crippen LogP contribution in [0.25, 0.3) is 33.0 Å². The highest BCUT2D eigenvalue weighted by Crippen LogP contribution is 2.50. The molecule has 5 nitrogen and oxygen atoms in total. The molecular formula is C24H17N3O2. The van der Waals surface area contributed by atoms with E-state index in [4.69, 9.17) is 9.40 Å². The molecule has 1 aliphatic rings. The molecule has 0 radical (unpaired) electrons. The SMILES string of the molecule is O=c1c2c(-c3ccncc3)coc2ccn1[C@@H]1C[C@H]1c1ccc2ccccc2n1. The van der Waals surface area contributed by atoms with Gasteiger partial charge in [0.25, 0.3) is 5.56 Å². The second-order valence-corrected chi connectivity index (χ2v) is 7.49. The number of benzene rings is 1. The number of hydrogen-bond donors (Lipinski definition) is 0. The molecule has 4 heterocycles. The maximum Gasteiger partial charge on any atom is 0.262 e. The van der Waals surface area contributed by atoms with Crippen LogP contribution in [0.3, 0.4) is 0 Å². The second kappa shape index (κ2) is 6.14. The van der Waals surface area contributed by atoms with Gasteiger partial charge >= 0.3 is 0 Å². The first-order chi connectivity index (χ1) is 14.3. The van der Waals surface area contributed by atoms with E-state index >= 15 is 0 Å². The Labute approximate surface area is 166 Å². The number of para-hydroxylation sites is 1. The Morgan fingerprint density at radius 3 is 2.76 bits per heavy atom. The van der Waals surface area contributed by atoms with Gasteiger partial charge in [0.2, 0.25) is 0 Å². The molecule has 2 atom stereocenters. The van der Waals surface area contributed by atoms with Crippen molar-refractivity contribution in [2.45, 2.75) is 18.4 Å². The largest absolute Gasteiger partial charge is 0.463 e. The number of rotatable bonds is 3. The van der Waals surface area contributed by atoms with Crippen LogP contribution in [0, 0.1) is 0 Å². The molecule has 1 fully saturated rings. The fourth-order valence-electron chi connectivity index (χ4n) is 4.16. The van der Waals surface area contributed by atoms with Gasteiger partial charge in [0, 0.05) is 47.2 Å². The maximum absolute atomic E-state index is 13.3. The summed E-state index contributed by atoms with van der Waals surface area (Å²) in [5.41, 5.74) is 4.37. The molecule has 0 bridgehead atoms. The quantitative estimate of drug-likeness (QED) is 0.446. The van der Waals surface area contributed by atoms with E-state index < -0.39 is 0 Å². The average Bonchev–Trinajstić information content (AvgIpc) is 3.44. The smallest absolute Gasteiger partial charge is 0.262 e. The normalized spacial score (nSPS) is 18.3. The number of pyridine rings is 3. The number of furan rings is 1. The third kappa shape index (κ3) is 2.58. The molecule has 0 N–H and O–H groups in total. The monoisotopic (exact) mass is 379 g/mol. The summed E-state index contributed by atoms with van der Waals surface area (Å²) >= 11 is 0. The lowest BCUT2D eigenvalue weighted by Gasteiger charge is -2.07. The van der Waals surface area contributed by atoms with Crippen LogP contribution in [0.15, 0.2) is 88.7 Å². The summed E-state index contributed by atoms with van der Waals surface area (Å²) in [6.07, 6.45) is 7.85. The third-order valence-corrected chi connectivity index (χ3v) is 5.76. The lowest BCUT2D eigenvalue weighted by molar-refractivity contribution is 0.613. The standard InChI is InChI=1S/C24H17N3O2/c28-24-23-18(15-7-10-25-11-8-15)14-29-22(23)9-12-27(24)21-13-17(21)20-6-5-16-3-1-2-4-19(16)26-20/h1-12,14,17,21H,13H2/t17-,21+/m0/s1. The van der Waals surface area contributed by atoms with Crippen molar-refractivity contribution < 1.29 is 4.42 Å². The Kier molecular flexibility index (Phi) is 3.44. The summed E-state index contributed by atoms with van der Waals surface area (Å²) in [5, 5.41) is 1.75. The van der Waals surface area contributed by atoms with Crippen molar-refractivity contribution in [1.82, 2.24) is 14.5 Å². The van der Waals surface area contributed by atoms with E-state index in [0.29, 0.717) is 11.0 Å². The molecule has 4 aromatic heterocycles. The fourth-order valence-corrected chi connectivity index (χ4v) is 4.16. The molecule has 0 aliphatic heterocycles. The molecule has 5 aromatic rings. The van der Waals surface area contributed by atoms with E-state index in [0.717, 1.165) is 34.1 Å². The summed E-state index contributed by atoms with van der Waals surface area (Å²) in [6, 6.07) is 18.1. The van der Waals surface area contributed by atoms with E-state index in [9.17, 15) is 4.79 Å². The van der Waals surface area contributed by atoms with Gasteiger partial charge in [-0.25, -0.2) is 0 Å².